The number of amidine groups is 1. The summed E-state index contributed by atoms with van der Waals surface area (Å²) in [5, 5.41) is 12.8. The smallest absolute Gasteiger partial charge is 0.354 e. The average molecular weight is 595 g/mol. The summed E-state index contributed by atoms with van der Waals surface area (Å²) in [7, 11) is -3.05. The summed E-state index contributed by atoms with van der Waals surface area (Å²) in [6, 6.07) is 15.4. The summed E-state index contributed by atoms with van der Waals surface area (Å²) >= 11 is 0. The molecule has 0 radical (unpaired) electrons. The topological polar surface area (TPSA) is 195 Å². The standard InChI is InChI=1S/C29H30N4O8S/c1-16(2)24(29(37)40-3)33-26(34)18-11-14-21(23(15-18)28(36)41-42(4,38)39)20-7-5-6-8-22(20)27(35)32-19-12-9-17(10-13-19)25(30)31/h5-16,24H,1-4H3,(H3,30,31)(H,32,35)(H,33,34)/t24-/m1/s1. The number of hydrogen-bond donors (Lipinski definition) is 4. The van der Waals surface area contributed by atoms with Crippen molar-refractivity contribution in [3.8, 4) is 11.1 Å². The maximum Gasteiger partial charge on any atom is 0.354 e. The molecule has 0 heterocycles. The maximum absolute atomic E-state index is 13.3. The second kappa shape index (κ2) is 13.1. The van der Waals surface area contributed by atoms with Gasteiger partial charge in [-0.2, -0.15) is 8.42 Å². The maximum atomic E-state index is 13.3. The van der Waals surface area contributed by atoms with Crippen LogP contribution in [-0.2, 0) is 23.8 Å². The molecule has 1 atom stereocenters. The number of carbonyl (C=O) groups excluding carboxylic acids is 4. The molecule has 0 spiro atoms. The molecule has 13 heteroatoms. The van der Waals surface area contributed by atoms with Gasteiger partial charge >= 0.3 is 22.1 Å². The number of nitrogens with one attached hydrogen (secondary N) is 3. The molecule has 3 aromatic carbocycles. The van der Waals surface area contributed by atoms with E-state index in [-0.39, 0.29) is 39.6 Å². The first-order valence-corrected chi connectivity index (χ1v) is 14.3. The number of ether oxygens (including phenoxy) is 1. The average Bonchev–Trinajstić information content (AvgIpc) is 2.94. The zero-order valence-corrected chi connectivity index (χ0v) is 24.1. The van der Waals surface area contributed by atoms with Gasteiger partial charge in [-0.15, -0.1) is 0 Å². The molecule has 12 nitrogen and oxygen atoms in total. The van der Waals surface area contributed by atoms with Gasteiger partial charge < -0.3 is 25.3 Å². The summed E-state index contributed by atoms with van der Waals surface area (Å²) in [6.45, 7) is 3.42. The Hall–Kier alpha value is -5.04. The van der Waals surface area contributed by atoms with Crippen molar-refractivity contribution in [3.63, 3.8) is 0 Å². The molecule has 0 aromatic heterocycles. The molecule has 0 fully saturated rings. The van der Waals surface area contributed by atoms with Crippen LogP contribution in [0.25, 0.3) is 11.1 Å². The molecule has 0 saturated heterocycles. The second-order valence-electron chi connectivity index (χ2n) is 9.54. The van der Waals surface area contributed by atoms with Gasteiger partial charge in [-0.1, -0.05) is 38.1 Å². The van der Waals surface area contributed by atoms with Crippen LogP contribution in [0.3, 0.4) is 0 Å². The highest BCUT2D eigenvalue weighted by molar-refractivity contribution is 7.86. The van der Waals surface area contributed by atoms with Crippen molar-refractivity contribution in [2.45, 2.75) is 19.9 Å². The molecule has 0 saturated carbocycles. The predicted molar refractivity (Wildman–Crippen MR) is 156 cm³/mol. The van der Waals surface area contributed by atoms with Gasteiger partial charge in [-0.25, -0.2) is 9.59 Å². The Kier molecular flexibility index (Phi) is 9.81. The number of anilines is 1. The Morgan fingerprint density at radius 2 is 1.45 bits per heavy atom. The van der Waals surface area contributed by atoms with E-state index in [1.807, 2.05) is 0 Å². The van der Waals surface area contributed by atoms with E-state index in [1.54, 1.807) is 56.3 Å². The fourth-order valence-corrected chi connectivity index (χ4v) is 4.33. The van der Waals surface area contributed by atoms with E-state index in [0.717, 1.165) is 6.07 Å². The van der Waals surface area contributed by atoms with Gasteiger partial charge in [0.15, 0.2) is 0 Å². The van der Waals surface area contributed by atoms with E-state index in [9.17, 15) is 27.6 Å². The second-order valence-corrected chi connectivity index (χ2v) is 11.1. The quantitative estimate of drug-likeness (QED) is 0.118. The summed E-state index contributed by atoms with van der Waals surface area (Å²) in [5.41, 5.74) is 6.48. The number of nitrogen functional groups attached to an aromatic ring is 1. The lowest BCUT2D eigenvalue weighted by Gasteiger charge is -2.20. The van der Waals surface area contributed by atoms with Gasteiger partial charge in [0.1, 0.15) is 11.9 Å². The Bertz CT molecular complexity index is 1650. The lowest BCUT2D eigenvalue weighted by molar-refractivity contribution is -0.144. The van der Waals surface area contributed by atoms with E-state index in [2.05, 4.69) is 14.8 Å². The first-order chi connectivity index (χ1) is 19.7. The van der Waals surface area contributed by atoms with E-state index in [0.29, 0.717) is 17.5 Å². The lowest BCUT2D eigenvalue weighted by Crippen LogP contribution is -2.45. The van der Waals surface area contributed by atoms with Crippen molar-refractivity contribution in [3.05, 3.63) is 89.0 Å². The molecule has 3 aromatic rings. The monoisotopic (exact) mass is 594 g/mol. The van der Waals surface area contributed by atoms with Crippen LogP contribution < -0.4 is 16.4 Å². The molecule has 5 N–H and O–H groups in total. The fraction of sp³-hybridized carbons (Fsp3) is 0.207. The van der Waals surface area contributed by atoms with Crippen LogP contribution >= 0.6 is 0 Å². The minimum atomic E-state index is -4.24. The van der Waals surface area contributed by atoms with Gasteiger partial charge in [-0.3, -0.25) is 15.0 Å². The van der Waals surface area contributed by atoms with Gasteiger partial charge in [0.2, 0.25) is 0 Å². The van der Waals surface area contributed by atoms with Gasteiger partial charge in [0, 0.05) is 22.4 Å². The number of rotatable bonds is 10. The normalized spacial score (nSPS) is 11.7. The first kappa shape index (κ1) is 31.5. The molecular weight excluding hydrogens is 564 g/mol. The highest BCUT2D eigenvalue weighted by Crippen LogP contribution is 2.30. The van der Waals surface area contributed by atoms with Gasteiger partial charge in [0.25, 0.3) is 11.8 Å². The van der Waals surface area contributed by atoms with Crippen LogP contribution in [0.2, 0.25) is 0 Å². The number of hydrogen-bond acceptors (Lipinski definition) is 9. The molecule has 42 heavy (non-hydrogen) atoms. The summed E-state index contributed by atoms with van der Waals surface area (Å²) in [4.78, 5) is 51.5. The van der Waals surface area contributed by atoms with Crippen molar-refractivity contribution in [2.75, 3.05) is 18.7 Å². The molecule has 0 unspecified atom stereocenters. The van der Waals surface area contributed by atoms with Crippen LogP contribution in [-0.4, -0.2) is 57.4 Å². The Balaban J connectivity index is 2.06. The zero-order valence-electron chi connectivity index (χ0n) is 23.3. The minimum absolute atomic E-state index is 0.0683. The van der Waals surface area contributed by atoms with E-state index < -0.39 is 39.9 Å². The van der Waals surface area contributed by atoms with Crippen LogP contribution in [0.5, 0.6) is 0 Å². The first-order valence-electron chi connectivity index (χ1n) is 12.5. The van der Waals surface area contributed by atoms with Crippen molar-refractivity contribution >= 4 is 45.4 Å². The lowest BCUT2D eigenvalue weighted by atomic mass is 9.93. The van der Waals surface area contributed by atoms with Crippen molar-refractivity contribution < 1.29 is 36.5 Å². The minimum Gasteiger partial charge on any atom is -0.467 e. The fourth-order valence-electron chi connectivity index (χ4n) is 3.97. The number of nitrogens with two attached hydrogens (primary N) is 1. The van der Waals surface area contributed by atoms with Gasteiger partial charge in [0.05, 0.1) is 18.9 Å². The Labute approximate surface area is 242 Å². The highest BCUT2D eigenvalue weighted by Gasteiger charge is 2.27. The number of benzene rings is 3. The van der Waals surface area contributed by atoms with Crippen molar-refractivity contribution in [1.29, 1.82) is 5.41 Å². The van der Waals surface area contributed by atoms with E-state index in [1.165, 1.54) is 25.3 Å². The molecule has 0 aliphatic rings. The molecule has 0 aliphatic carbocycles. The zero-order chi connectivity index (χ0) is 31.2. The molecule has 0 bridgehead atoms. The van der Waals surface area contributed by atoms with Crippen molar-refractivity contribution in [2.24, 2.45) is 11.7 Å². The molecular formula is C29H30N4O8S. The van der Waals surface area contributed by atoms with E-state index in [4.69, 9.17) is 15.9 Å². The predicted octanol–water partition coefficient (Wildman–Crippen LogP) is 2.93. The number of esters is 1. The SMILES string of the molecule is COC(=O)[C@H](NC(=O)c1ccc(-c2ccccc2C(=O)Nc2ccc(C(=N)N)cc2)c(C(=O)OS(C)(=O)=O)c1)C(C)C. The summed E-state index contributed by atoms with van der Waals surface area (Å²) < 4.78 is 33.0. The molecule has 2 amide bonds. The summed E-state index contributed by atoms with van der Waals surface area (Å²) in [6.07, 6.45) is 0.698. The number of methoxy groups -OCH3 is 1. The van der Waals surface area contributed by atoms with Crippen LogP contribution in [0.15, 0.2) is 66.7 Å². The number of amides is 2. The number of carbonyl (C=O) groups is 4. The van der Waals surface area contributed by atoms with Crippen molar-refractivity contribution in [1.82, 2.24) is 5.32 Å². The third kappa shape index (κ3) is 7.79. The van der Waals surface area contributed by atoms with Crippen LogP contribution in [0.1, 0.15) is 50.5 Å². The third-order valence-corrected chi connectivity index (χ3v) is 6.51. The van der Waals surface area contributed by atoms with E-state index >= 15 is 0 Å². The molecule has 3 rings (SSSR count). The molecule has 0 aliphatic heterocycles. The largest absolute Gasteiger partial charge is 0.467 e. The molecule has 220 valence electrons. The Morgan fingerprint density at radius 1 is 0.857 bits per heavy atom. The van der Waals surface area contributed by atoms with Gasteiger partial charge in [-0.05, 0) is 59.5 Å². The van der Waals surface area contributed by atoms with Crippen LogP contribution in [0, 0.1) is 11.3 Å². The Morgan fingerprint density at radius 3 is 2.02 bits per heavy atom. The summed E-state index contributed by atoms with van der Waals surface area (Å²) in [5.74, 6) is -3.66. The van der Waals surface area contributed by atoms with Crippen LogP contribution in [0.4, 0.5) is 5.69 Å². The highest BCUT2D eigenvalue weighted by atomic mass is 32.2. The third-order valence-electron chi connectivity index (χ3n) is 6.05.